The molecule has 0 unspecified atom stereocenters. The van der Waals surface area contributed by atoms with Crippen LogP contribution in [0.5, 0.6) is 0 Å². The number of benzene rings is 2. The molecule has 2 aliphatic rings. The second-order valence-corrected chi connectivity index (χ2v) is 9.79. The zero-order chi connectivity index (χ0) is 32.6. The van der Waals surface area contributed by atoms with E-state index in [1.807, 2.05) is 60.7 Å². The summed E-state index contributed by atoms with van der Waals surface area (Å²) in [5, 5.41) is 2.52. The molecule has 12 nitrogen and oxygen atoms in total. The molecule has 4 rings (SSSR count). The van der Waals surface area contributed by atoms with E-state index in [0.29, 0.717) is 12.8 Å². The smallest absolute Gasteiger partial charge is 0.277 e. The van der Waals surface area contributed by atoms with Gasteiger partial charge in [0.05, 0.1) is 0 Å². The fourth-order valence-electron chi connectivity index (χ4n) is 4.09. The van der Waals surface area contributed by atoms with Gasteiger partial charge in [-0.3, -0.25) is 48.3 Å². The number of allylic oxidation sites excluding steroid dienone is 1. The van der Waals surface area contributed by atoms with Crippen LogP contribution in [-0.2, 0) is 51.2 Å². The Hall–Kier alpha value is -5.26. The highest BCUT2D eigenvalue weighted by molar-refractivity contribution is 6.10. The molecular formula is C32H36N4O8. The van der Waals surface area contributed by atoms with E-state index in [4.69, 9.17) is 0 Å². The van der Waals surface area contributed by atoms with Gasteiger partial charge in [-0.15, -0.1) is 0 Å². The van der Waals surface area contributed by atoms with Crippen molar-refractivity contribution in [2.24, 2.45) is 0 Å². The molecule has 232 valence electrons. The van der Waals surface area contributed by atoms with Gasteiger partial charge in [0.25, 0.3) is 5.91 Å². The van der Waals surface area contributed by atoms with Crippen molar-refractivity contribution in [2.45, 2.75) is 46.5 Å². The van der Waals surface area contributed by atoms with Crippen LogP contribution in [0.25, 0.3) is 0 Å². The van der Waals surface area contributed by atoms with E-state index in [1.165, 1.54) is 26.3 Å². The summed E-state index contributed by atoms with van der Waals surface area (Å²) in [6.45, 7) is 2.80. The van der Waals surface area contributed by atoms with Crippen molar-refractivity contribution in [1.82, 2.24) is 20.0 Å². The number of piperazine rings is 2. The summed E-state index contributed by atoms with van der Waals surface area (Å²) in [4.78, 5) is 91.6. The number of hydrogen-bond donors (Lipinski definition) is 1. The number of aldehydes is 1. The highest BCUT2D eigenvalue weighted by Gasteiger charge is 2.34. The molecule has 2 aromatic carbocycles. The zero-order valence-electron chi connectivity index (χ0n) is 25.0. The quantitative estimate of drug-likeness (QED) is 0.385. The Morgan fingerprint density at radius 3 is 1.50 bits per heavy atom. The third kappa shape index (κ3) is 11.2. The molecule has 0 bridgehead atoms. The number of carbonyl (C=O) groups excluding carboxylic acids is 8. The number of nitrogens with one attached hydrogen (secondary N) is 1. The maximum Gasteiger partial charge on any atom is 0.277 e. The average Bonchev–Trinajstić information content (AvgIpc) is 3.00. The van der Waals surface area contributed by atoms with E-state index < -0.39 is 35.4 Å². The summed E-state index contributed by atoms with van der Waals surface area (Å²) >= 11 is 0. The molecule has 0 spiro atoms. The first kappa shape index (κ1) is 34.9. The van der Waals surface area contributed by atoms with Gasteiger partial charge in [-0.25, -0.2) is 0 Å². The van der Waals surface area contributed by atoms with Gasteiger partial charge in [0.2, 0.25) is 35.4 Å². The molecule has 12 heteroatoms. The van der Waals surface area contributed by atoms with E-state index in [0.717, 1.165) is 39.4 Å². The van der Waals surface area contributed by atoms with Crippen LogP contribution in [0, 0.1) is 0 Å². The second-order valence-electron chi connectivity index (χ2n) is 9.79. The molecule has 1 N–H and O–H groups in total. The standard InChI is InChI=1S/C15H16N2O3.C9H10O.C8H10N2O4/c1-11(18)17-10-14(19)16-13(15(17)20)9-5-8-12-6-3-2-4-7-12;10-8-4-7-9-5-2-1-3-6-9;1-5(11)9-3-8(14)10(6(2)12)4-7(9)13/h2-4,6-7,9H,5,8,10H2,1H3,(H,16,19);1-3,5-6,8H,4,7H2;3-4H2,1-2H3/b13-9+;;. The Bertz CT molecular complexity index is 1370. The minimum absolute atomic E-state index is 0.187. The van der Waals surface area contributed by atoms with Gasteiger partial charge in [-0.2, -0.15) is 0 Å². The van der Waals surface area contributed by atoms with Gasteiger partial charge in [0.1, 0.15) is 31.6 Å². The van der Waals surface area contributed by atoms with E-state index >= 15 is 0 Å². The average molecular weight is 605 g/mol. The monoisotopic (exact) mass is 604 g/mol. The van der Waals surface area contributed by atoms with E-state index in [2.05, 4.69) is 5.32 Å². The first-order valence-electron chi connectivity index (χ1n) is 13.9. The molecular weight excluding hydrogens is 568 g/mol. The SMILES string of the molecule is CC(=O)N1CC(=O)N(C(C)=O)CC1=O.CC(=O)N1CC(=O)N/C(=C/CCc2ccccc2)C1=O.O=CCCc1ccccc1. The van der Waals surface area contributed by atoms with Crippen LogP contribution in [0.15, 0.2) is 72.4 Å². The molecule has 0 aromatic heterocycles. The third-order valence-corrected chi connectivity index (χ3v) is 6.40. The van der Waals surface area contributed by atoms with Gasteiger partial charge < -0.3 is 10.1 Å². The number of hydrogen-bond acceptors (Lipinski definition) is 8. The molecule has 0 saturated carbocycles. The molecule has 0 atom stereocenters. The van der Waals surface area contributed by atoms with Crippen LogP contribution in [0.1, 0.15) is 44.7 Å². The summed E-state index contributed by atoms with van der Waals surface area (Å²) in [5.74, 6) is -3.20. The number of imide groups is 3. The van der Waals surface area contributed by atoms with Crippen LogP contribution >= 0.6 is 0 Å². The predicted molar refractivity (Wildman–Crippen MR) is 159 cm³/mol. The molecule has 0 aliphatic carbocycles. The lowest BCUT2D eigenvalue weighted by Gasteiger charge is -2.29. The maximum absolute atomic E-state index is 12.0. The van der Waals surface area contributed by atoms with Gasteiger partial charge in [0, 0.05) is 27.2 Å². The van der Waals surface area contributed by atoms with Crippen LogP contribution in [0.2, 0.25) is 0 Å². The highest BCUT2D eigenvalue weighted by Crippen LogP contribution is 2.10. The van der Waals surface area contributed by atoms with Crippen LogP contribution in [0.3, 0.4) is 0 Å². The highest BCUT2D eigenvalue weighted by atomic mass is 16.2. The number of aryl methyl sites for hydroxylation is 2. The van der Waals surface area contributed by atoms with Gasteiger partial charge in [0.15, 0.2) is 0 Å². The van der Waals surface area contributed by atoms with Gasteiger partial charge in [-0.05, 0) is 30.4 Å². The van der Waals surface area contributed by atoms with Crippen LogP contribution < -0.4 is 5.32 Å². The Labute approximate surface area is 255 Å². The molecule has 2 aromatic rings. The number of amides is 7. The Balaban J connectivity index is 0.000000245. The Morgan fingerprint density at radius 1 is 0.659 bits per heavy atom. The Kier molecular flexibility index (Phi) is 14.0. The Morgan fingerprint density at radius 2 is 1.09 bits per heavy atom. The lowest BCUT2D eigenvalue weighted by atomic mass is 10.1. The number of rotatable bonds is 6. The summed E-state index contributed by atoms with van der Waals surface area (Å²) in [5.41, 5.74) is 2.57. The lowest BCUT2D eigenvalue weighted by molar-refractivity contribution is -0.161. The van der Waals surface area contributed by atoms with Crippen molar-refractivity contribution in [1.29, 1.82) is 0 Å². The van der Waals surface area contributed by atoms with Crippen molar-refractivity contribution in [3.8, 4) is 0 Å². The second kappa shape index (κ2) is 17.6. The summed E-state index contributed by atoms with van der Waals surface area (Å²) in [6, 6.07) is 19.9. The molecule has 2 heterocycles. The number of nitrogens with zero attached hydrogens (tertiary/aromatic N) is 3. The van der Waals surface area contributed by atoms with Crippen molar-refractivity contribution in [3.63, 3.8) is 0 Å². The lowest BCUT2D eigenvalue weighted by Crippen LogP contribution is -2.56. The topological polar surface area (TPSA) is 158 Å². The third-order valence-electron chi connectivity index (χ3n) is 6.40. The first-order chi connectivity index (χ1) is 20.9. The summed E-state index contributed by atoms with van der Waals surface area (Å²) in [6.07, 6.45) is 5.51. The molecule has 0 radical (unpaired) electrons. The van der Waals surface area contributed by atoms with Gasteiger partial charge >= 0.3 is 0 Å². The van der Waals surface area contributed by atoms with Crippen molar-refractivity contribution >= 4 is 47.6 Å². The largest absolute Gasteiger partial charge is 0.320 e. The van der Waals surface area contributed by atoms with Gasteiger partial charge in [-0.1, -0.05) is 66.7 Å². The van der Waals surface area contributed by atoms with Crippen LogP contribution in [0.4, 0.5) is 0 Å². The molecule has 2 fully saturated rings. The van der Waals surface area contributed by atoms with E-state index in [-0.39, 0.29) is 31.2 Å². The fraction of sp³-hybridized carbons (Fsp3) is 0.312. The van der Waals surface area contributed by atoms with Crippen molar-refractivity contribution in [2.75, 3.05) is 19.6 Å². The maximum atomic E-state index is 12.0. The van der Waals surface area contributed by atoms with E-state index in [1.54, 1.807) is 6.08 Å². The van der Waals surface area contributed by atoms with E-state index in [9.17, 15) is 38.4 Å². The van der Waals surface area contributed by atoms with Crippen molar-refractivity contribution < 1.29 is 38.4 Å². The number of carbonyl (C=O) groups is 8. The minimum atomic E-state index is -0.521. The first-order valence-corrected chi connectivity index (χ1v) is 13.9. The van der Waals surface area contributed by atoms with Crippen LogP contribution in [-0.4, -0.2) is 82.0 Å². The van der Waals surface area contributed by atoms with Crippen molar-refractivity contribution in [3.05, 3.63) is 83.6 Å². The minimum Gasteiger partial charge on any atom is -0.320 e. The predicted octanol–water partition coefficient (Wildman–Crippen LogP) is 1.58. The normalized spacial score (nSPS) is 15.4. The fourth-order valence-corrected chi connectivity index (χ4v) is 4.09. The molecule has 2 saturated heterocycles. The zero-order valence-corrected chi connectivity index (χ0v) is 25.0. The molecule has 44 heavy (non-hydrogen) atoms. The molecule has 7 amide bonds. The molecule has 2 aliphatic heterocycles. The summed E-state index contributed by atoms with van der Waals surface area (Å²) in [7, 11) is 0. The summed E-state index contributed by atoms with van der Waals surface area (Å²) < 4.78 is 0.